The smallest absolute Gasteiger partial charge is 0.270 e. The van der Waals surface area contributed by atoms with Crippen LogP contribution in [0, 0.1) is 15.9 Å². The second-order valence-electron chi connectivity index (χ2n) is 4.43. The molecule has 3 rings (SSSR count). The van der Waals surface area contributed by atoms with E-state index in [9.17, 15) is 19.3 Å². The highest BCUT2D eigenvalue weighted by Gasteiger charge is 2.17. The lowest BCUT2D eigenvalue weighted by atomic mass is 10.1. The molecule has 0 atom stereocenters. The van der Waals surface area contributed by atoms with Gasteiger partial charge in [-0.05, 0) is 24.3 Å². The average Bonchev–Trinajstić information content (AvgIpc) is 2.89. The Labute approximate surface area is 117 Å². The molecule has 0 N–H and O–H groups in total. The number of hydrogen-bond acceptors (Lipinski definition) is 4. The van der Waals surface area contributed by atoms with Crippen molar-refractivity contribution in [3.05, 3.63) is 75.8 Å². The monoisotopic (exact) mass is 285 g/mol. The number of carbonyl (C=O) groups excluding carboxylic acids is 1. The summed E-state index contributed by atoms with van der Waals surface area (Å²) in [6, 6.07) is 10.7. The number of halogens is 1. The van der Waals surface area contributed by atoms with Crippen molar-refractivity contribution in [2.24, 2.45) is 0 Å². The third kappa shape index (κ3) is 2.38. The summed E-state index contributed by atoms with van der Waals surface area (Å²) in [5.41, 5.74) is 0.344. The Balaban J connectivity index is 2.03. The van der Waals surface area contributed by atoms with Gasteiger partial charge in [-0.3, -0.25) is 14.9 Å². The summed E-state index contributed by atoms with van der Waals surface area (Å²) in [6.07, 6.45) is 0. The zero-order valence-corrected chi connectivity index (χ0v) is 10.6. The molecule has 2 aromatic carbocycles. The molecule has 6 heteroatoms. The molecule has 0 saturated heterocycles. The van der Waals surface area contributed by atoms with Gasteiger partial charge in [0.2, 0.25) is 5.78 Å². The molecule has 0 spiro atoms. The first-order chi connectivity index (χ1) is 10.0. The molecular formula is C15H8FNO4. The molecule has 0 amide bonds. The van der Waals surface area contributed by atoms with Crippen molar-refractivity contribution in [2.75, 3.05) is 0 Å². The highest BCUT2D eigenvalue weighted by Crippen LogP contribution is 2.23. The number of nitro benzene ring substituents is 1. The van der Waals surface area contributed by atoms with E-state index in [1.165, 1.54) is 48.5 Å². The standard InChI is InChI=1S/C15H8FNO4/c16-11-4-5-13-10(6-11)8-14(21-13)15(18)9-2-1-3-12(7-9)17(19)20/h1-8H. The van der Waals surface area contributed by atoms with Gasteiger partial charge in [0.1, 0.15) is 11.4 Å². The number of rotatable bonds is 3. The number of furan rings is 1. The Hall–Kier alpha value is -3.02. The van der Waals surface area contributed by atoms with E-state index in [0.717, 1.165) is 0 Å². The Bertz CT molecular complexity index is 869. The zero-order chi connectivity index (χ0) is 15.0. The van der Waals surface area contributed by atoms with E-state index in [1.54, 1.807) is 0 Å². The fourth-order valence-electron chi connectivity index (χ4n) is 2.03. The molecule has 0 radical (unpaired) electrons. The predicted molar refractivity (Wildman–Crippen MR) is 72.7 cm³/mol. The Kier molecular flexibility index (Phi) is 2.98. The van der Waals surface area contributed by atoms with Gasteiger partial charge in [0.15, 0.2) is 5.76 Å². The van der Waals surface area contributed by atoms with Crippen molar-refractivity contribution in [3.63, 3.8) is 0 Å². The molecule has 0 aliphatic heterocycles. The molecule has 3 aromatic rings. The molecular weight excluding hydrogens is 277 g/mol. The van der Waals surface area contributed by atoms with Crippen molar-refractivity contribution in [1.29, 1.82) is 0 Å². The highest BCUT2D eigenvalue weighted by molar-refractivity contribution is 6.09. The van der Waals surface area contributed by atoms with E-state index in [4.69, 9.17) is 4.42 Å². The third-order valence-electron chi connectivity index (χ3n) is 3.02. The van der Waals surface area contributed by atoms with Crippen LogP contribution in [0.1, 0.15) is 16.1 Å². The van der Waals surface area contributed by atoms with E-state index < -0.39 is 16.5 Å². The minimum atomic E-state index is -0.579. The van der Waals surface area contributed by atoms with E-state index in [-0.39, 0.29) is 17.0 Å². The van der Waals surface area contributed by atoms with Gasteiger partial charge in [0.25, 0.3) is 5.69 Å². The van der Waals surface area contributed by atoms with Crippen molar-refractivity contribution >= 4 is 22.4 Å². The molecule has 1 heterocycles. The van der Waals surface area contributed by atoms with E-state index >= 15 is 0 Å². The Morgan fingerprint density at radius 1 is 1.14 bits per heavy atom. The Morgan fingerprint density at radius 3 is 2.71 bits per heavy atom. The summed E-state index contributed by atoms with van der Waals surface area (Å²) in [6.45, 7) is 0. The summed E-state index contributed by atoms with van der Waals surface area (Å²) in [4.78, 5) is 22.4. The molecule has 21 heavy (non-hydrogen) atoms. The summed E-state index contributed by atoms with van der Waals surface area (Å²) in [5.74, 6) is -0.913. The summed E-state index contributed by atoms with van der Waals surface area (Å²) in [7, 11) is 0. The van der Waals surface area contributed by atoms with Crippen molar-refractivity contribution in [3.8, 4) is 0 Å². The quantitative estimate of drug-likeness (QED) is 0.417. The number of nitrogens with zero attached hydrogens (tertiary/aromatic N) is 1. The maximum atomic E-state index is 13.1. The van der Waals surface area contributed by atoms with Gasteiger partial charge in [0.05, 0.1) is 4.92 Å². The van der Waals surface area contributed by atoms with Crippen LogP contribution in [0.25, 0.3) is 11.0 Å². The number of non-ortho nitro benzene ring substituents is 1. The summed E-state index contributed by atoms with van der Waals surface area (Å²) in [5, 5.41) is 11.2. The van der Waals surface area contributed by atoms with Crippen LogP contribution in [0.5, 0.6) is 0 Å². The van der Waals surface area contributed by atoms with Gasteiger partial charge >= 0.3 is 0 Å². The number of carbonyl (C=O) groups is 1. The van der Waals surface area contributed by atoms with Crippen LogP contribution in [-0.4, -0.2) is 10.7 Å². The van der Waals surface area contributed by atoms with Gasteiger partial charge in [0, 0.05) is 23.1 Å². The van der Waals surface area contributed by atoms with Crippen LogP contribution in [-0.2, 0) is 0 Å². The first-order valence-electron chi connectivity index (χ1n) is 6.03. The SMILES string of the molecule is O=C(c1cccc([N+](=O)[O-])c1)c1cc2cc(F)ccc2o1. The molecule has 0 saturated carbocycles. The predicted octanol–water partition coefficient (Wildman–Crippen LogP) is 3.71. The van der Waals surface area contributed by atoms with Gasteiger partial charge < -0.3 is 4.42 Å². The lowest BCUT2D eigenvalue weighted by Crippen LogP contribution is -2.00. The molecule has 0 fully saturated rings. The van der Waals surface area contributed by atoms with Crippen molar-refractivity contribution < 1.29 is 18.5 Å². The lowest BCUT2D eigenvalue weighted by Gasteiger charge is -1.97. The van der Waals surface area contributed by atoms with Crippen LogP contribution >= 0.6 is 0 Å². The maximum absolute atomic E-state index is 13.1. The van der Waals surface area contributed by atoms with Gasteiger partial charge in [-0.15, -0.1) is 0 Å². The van der Waals surface area contributed by atoms with Gasteiger partial charge in [-0.25, -0.2) is 4.39 Å². The number of nitro groups is 1. The lowest BCUT2D eigenvalue weighted by molar-refractivity contribution is -0.384. The minimum absolute atomic E-state index is 0.0103. The topological polar surface area (TPSA) is 73.3 Å². The van der Waals surface area contributed by atoms with E-state index in [0.29, 0.717) is 11.0 Å². The van der Waals surface area contributed by atoms with Crippen LogP contribution in [0.4, 0.5) is 10.1 Å². The fraction of sp³-hybridized carbons (Fsp3) is 0. The molecule has 0 aliphatic carbocycles. The number of benzene rings is 2. The molecule has 0 aliphatic rings. The van der Waals surface area contributed by atoms with Gasteiger partial charge in [-0.1, -0.05) is 12.1 Å². The minimum Gasteiger partial charge on any atom is -0.453 e. The molecule has 104 valence electrons. The fourth-order valence-corrected chi connectivity index (χ4v) is 2.03. The van der Waals surface area contributed by atoms with Crippen LogP contribution in [0.15, 0.2) is 52.9 Å². The third-order valence-corrected chi connectivity index (χ3v) is 3.02. The second kappa shape index (κ2) is 4.82. The molecule has 1 aromatic heterocycles. The van der Waals surface area contributed by atoms with E-state index in [2.05, 4.69) is 0 Å². The first-order valence-corrected chi connectivity index (χ1v) is 6.03. The molecule has 5 nitrogen and oxygen atoms in total. The maximum Gasteiger partial charge on any atom is 0.270 e. The second-order valence-corrected chi connectivity index (χ2v) is 4.43. The number of fused-ring (bicyclic) bond motifs is 1. The molecule has 0 bridgehead atoms. The van der Waals surface area contributed by atoms with Crippen LogP contribution in [0.2, 0.25) is 0 Å². The summed E-state index contributed by atoms with van der Waals surface area (Å²) < 4.78 is 18.5. The van der Waals surface area contributed by atoms with Crippen molar-refractivity contribution in [2.45, 2.75) is 0 Å². The summed E-state index contributed by atoms with van der Waals surface area (Å²) >= 11 is 0. The van der Waals surface area contributed by atoms with Gasteiger partial charge in [-0.2, -0.15) is 0 Å². The zero-order valence-electron chi connectivity index (χ0n) is 10.6. The molecule has 0 unspecified atom stereocenters. The van der Waals surface area contributed by atoms with Crippen LogP contribution < -0.4 is 0 Å². The number of hydrogen-bond donors (Lipinski definition) is 0. The van der Waals surface area contributed by atoms with E-state index in [1.807, 2.05) is 0 Å². The normalized spacial score (nSPS) is 10.7. The highest BCUT2D eigenvalue weighted by atomic mass is 19.1. The first kappa shape index (κ1) is 13.0. The van der Waals surface area contributed by atoms with Crippen molar-refractivity contribution in [1.82, 2.24) is 0 Å². The Morgan fingerprint density at radius 2 is 1.95 bits per heavy atom. The average molecular weight is 285 g/mol. The van der Waals surface area contributed by atoms with Crippen LogP contribution in [0.3, 0.4) is 0 Å². The number of ketones is 1. The largest absolute Gasteiger partial charge is 0.453 e.